The van der Waals surface area contributed by atoms with Crippen molar-refractivity contribution in [3.05, 3.63) is 47.5 Å². The molecule has 2 aromatic carbocycles. The first-order chi connectivity index (χ1) is 31.0. The maximum atomic E-state index is 14.0. The lowest BCUT2D eigenvalue weighted by Crippen LogP contribution is -2.53. The molecule has 15 heteroatoms. The first-order valence-electron chi connectivity index (χ1n) is 23.7. The number of nitrogens with zero attached hydrogens (tertiary/aromatic N) is 2. The molecular weight excluding hydrogens is 833 g/mol. The molecule has 65 heavy (non-hydrogen) atoms. The van der Waals surface area contributed by atoms with Gasteiger partial charge in [0, 0.05) is 63.2 Å². The van der Waals surface area contributed by atoms with Gasteiger partial charge in [-0.15, -0.1) is 0 Å². The molecule has 15 nitrogen and oxygen atoms in total. The van der Waals surface area contributed by atoms with Crippen LogP contribution in [0.1, 0.15) is 160 Å². The van der Waals surface area contributed by atoms with Crippen LogP contribution in [0.2, 0.25) is 0 Å². The Morgan fingerprint density at radius 3 is 1.83 bits per heavy atom. The number of likely N-dealkylation sites (N-methyl/N-ethyl adjacent to an activating group) is 2. The number of carbonyl (C=O) groups excluding carboxylic acids is 6. The van der Waals surface area contributed by atoms with E-state index in [1.807, 2.05) is 0 Å². The number of hydrogen-bond donors (Lipinski definition) is 6. The number of carboxylic acid groups (broad SMARTS) is 1. The summed E-state index contributed by atoms with van der Waals surface area (Å²) in [6.07, 6.45) is 17.0. The van der Waals surface area contributed by atoms with E-state index >= 15 is 0 Å². The van der Waals surface area contributed by atoms with Crippen LogP contribution in [0.25, 0.3) is 11.1 Å². The third kappa shape index (κ3) is 17.2. The average molecular weight is 907 g/mol. The maximum absolute atomic E-state index is 14.0. The topological polar surface area (TPSA) is 231 Å². The van der Waals surface area contributed by atoms with Gasteiger partial charge >= 0.3 is 5.97 Å². The molecule has 4 amide bonds. The van der Waals surface area contributed by atoms with Crippen LogP contribution in [0.4, 0.5) is 0 Å². The zero-order valence-electron chi connectivity index (χ0n) is 39.2. The molecule has 0 unspecified atom stereocenters. The summed E-state index contributed by atoms with van der Waals surface area (Å²) in [6, 6.07) is 3.49. The fourth-order valence-electron chi connectivity index (χ4n) is 8.28. The largest absolute Gasteiger partial charge is 0.507 e. The molecule has 1 heterocycles. The fraction of sp³-hybridized carbons (Fsp3) is 0.620. The number of benzene rings is 2. The van der Waals surface area contributed by atoms with Gasteiger partial charge in [0.25, 0.3) is 0 Å². The Morgan fingerprint density at radius 2 is 1.28 bits per heavy atom. The Kier molecular flexibility index (Phi) is 23.2. The van der Waals surface area contributed by atoms with Crippen molar-refractivity contribution in [2.24, 2.45) is 5.92 Å². The quantitative estimate of drug-likeness (QED) is 0.0531. The third-order valence-electron chi connectivity index (χ3n) is 12.5. The van der Waals surface area contributed by atoms with E-state index in [0.717, 1.165) is 24.2 Å². The number of fused-ring (bicyclic) bond motifs is 5. The number of carbonyl (C=O) groups is 7. The molecule has 1 aliphatic heterocycles. The summed E-state index contributed by atoms with van der Waals surface area (Å²) in [5, 5.41) is 46.6. The third-order valence-corrected chi connectivity index (χ3v) is 12.5. The van der Waals surface area contributed by atoms with Gasteiger partial charge in [-0.3, -0.25) is 28.8 Å². The highest BCUT2D eigenvalue weighted by atomic mass is 16.4. The monoisotopic (exact) mass is 907 g/mol. The van der Waals surface area contributed by atoms with Crippen LogP contribution < -0.4 is 10.6 Å². The Labute approximate surface area is 384 Å². The van der Waals surface area contributed by atoms with Crippen molar-refractivity contribution in [1.29, 1.82) is 0 Å². The molecule has 6 N–H and O–H groups in total. The zero-order valence-corrected chi connectivity index (χ0v) is 39.2. The van der Waals surface area contributed by atoms with Gasteiger partial charge < -0.3 is 40.9 Å². The summed E-state index contributed by atoms with van der Waals surface area (Å²) in [5.41, 5.74) is 0.924. The molecule has 0 saturated heterocycles. The first kappa shape index (κ1) is 54.0. The molecule has 0 aliphatic carbocycles. The molecular formula is C50H74N4O11. The highest BCUT2D eigenvalue weighted by Crippen LogP contribution is 2.39. The van der Waals surface area contributed by atoms with E-state index in [9.17, 15) is 54.0 Å². The maximum Gasteiger partial charge on any atom is 0.326 e. The number of rotatable bonds is 26. The van der Waals surface area contributed by atoms with Crippen LogP contribution in [-0.2, 0) is 40.0 Å². The van der Waals surface area contributed by atoms with Crippen LogP contribution in [0.5, 0.6) is 11.5 Å². The van der Waals surface area contributed by atoms with E-state index in [2.05, 4.69) is 17.6 Å². The van der Waals surface area contributed by atoms with Crippen molar-refractivity contribution in [3.8, 4) is 22.6 Å². The lowest BCUT2D eigenvalue weighted by Gasteiger charge is -2.30. The minimum absolute atomic E-state index is 0.111. The van der Waals surface area contributed by atoms with Crippen LogP contribution in [-0.4, -0.2) is 110 Å². The van der Waals surface area contributed by atoms with Crippen LogP contribution in [0, 0.1) is 5.92 Å². The van der Waals surface area contributed by atoms with E-state index in [1.165, 1.54) is 140 Å². The van der Waals surface area contributed by atoms with Gasteiger partial charge in [-0.1, -0.05) is 116 Å². The summed E-state index contributed by atoms with van der Waals surface area (Å²) in [7, 11) is 2.80. The molecule has 0 fully saturated rings. The Balaban J connectivity index is 1.55. The van der Waals surface area contributed by atoms with Gasteiger partial charge in [0.2, 0.25) is 23.6 Å². The Hall–Kier alpha value is -5.31. The van der Waals surface area contributed by atoms with Crippen molar-refractivity contribution in [3.63, 3.8) is 0 Å². The number of phenolic OH excluding ortho intramolecular Hbond substituents is 2. The number of carboxylic acids is 1. The minimum Gasteiger partial charge on any atom is -0.507 e. The van der Waals surface area contributed by atoms with Crippen LogP contribution >= 0.6 is 0 Å². The van der Waals surface area contributed by atoms with E-state index in [0.29, 0.717) is 12.0 Å². The number of phenols is 2. The first-order valence-corrected chi connectivity index (χ1v) is 23.7. The second-order valence-corrected chi connectivity index (χ2v) is 17.8. The molecule has 0 aromatic heterocycles. The minimum atomic E-state index is -1.36. The van der Waals surface area contributed by atoms with E-state index < -0.39 is 78.4 Å². The molecule has 3 rings (SSSR count). The number of aliphatic hydroxyl groups excluding tert-OH is 1. The normalized spacial score (nSPS) is 17.3. The lowest BCUT2D eigenvalue weighted by atomic mass is 9.89. The molecule has 0 spiro atoms. The van der Waals surface area contributed by atoms with E-state index in [4.69, 9.17) is 0 Å². The van der Waals surface area contributed by atoms with Gasteiger partial charge in [0.05, 0.1) is 12.6 Å². The number of nitrogens with one attached hydrogen (secondary N) is 2. The van der Waals surface area contributed by atoms with E-state index in [-0.39, 0.29) is 59.8 Å². The summed E-state index contributed by atoms with van der Waals surface area (Å²) < 4.78 is 0. The number of aliphatic carboxylic acids is 1. The van der Waals surface area contributed by atoms with Crippen molar-refractivity contribution in [1.82, 2.24) is 20.4 Å². The SMILES string of the molecule is CCCCCCCCCCCCCCCCCC(=O)N(C)[C@H](CO)C(=O)N[C@H](C)C(=O)CCC(=O)N(C)[C@@H]1C(=O)C[C@@H](C)C(=O)N[C@H](C(=O)O)Cc2ccc(O)c(c2)-c2cc1ccc2O. The number of ketones is 2. The summed E-state index contributed by atoms with van der Waals surface area (Å²) in [5.74, 6) is -6.24. The molecule has 360 valence electrons. The number of Topliss-reactive ketones (excluding diaryl/α,β-unsaturated/α-hetero) is 2. The summed E-state index contributed by atoms with van der Waals surface area (Å²) in [6.45, 7) is 4.48. The Bertz CT molecular complexity index is 1920. The molecule has 2 aromatic rings. The summed E-state index contributed by atoms with van der Waals surface area (Å²) in [4.78, 5) is 94.8. The molecule has 0 radical (unpaired) electrons. The lowest BCUT2D eigenvalue weighted by molar-refractivity contribution is -0.143. The zero-order chi connectivity index (χ0) is 48.1. The number of amides is 4. The molecule has 4 bridgehead atoms. The van der Waals surface area contributed by atoms with Gasteiger partial charge in [-0.25, -0.2) is 4.79 Å². The number of aliphatic hydroxyl groups is 1. The van der Waals surface area contributed by atoms with Gasteiger partial charge in [-0.05, 0) is 48.7 Å². The van der Waals surface area contributed by atoms with Crippen molar-refractivity contribution in [2.45, 2.75) is 173 Å². The second kappa shape index (κ2) is 27.9. The predicted octanol–water partition coefficient (Wildman–Crippen LogP) is 6.92. The standard InChI is InChI=1S/C50H74N4O11/c1-6-7-8-9-10-11-12-13-14-15-16-17-18-19-20-21-45(60)53(4)40(32-55)49(63)51-34(3)41(56)26-27-46(61)54(5)47-36-23-25-43(58)38(31-36)37-29-35(22-24-42(37)57)30-39(50(64)65)52-48(62)33(2)28-44(47)59/h22-25,29,31,33-34,39-40,47,55,57-58H,6-21,26-28,30,32H2,1-5H3,(H,51,63)(H,52,62)(H,64,65)/t33-,34-,39+,40-,47+/m1/s1. The van der Waals surface area contributed by atoms with Gasteiger partial charge in [-0.2, -0.15) is 0 Å². The van der Waals surface area contributed by atoms with E-state index in [1.54, 1.807) is 0 Å². The number of hydrogen-bond acceptors (Lipinski definition) is 10. The molecule has 1 aliphatic rings. The highest BCUT2D eigenvalue weighted by molar-refractivity contribution is 5.96. The van der Waals surface area contributed by atoms with Crippen molar-refractivity contribution in [2.75, 3.05) is 20.7 Å². The van der Waals surface area contributed by atoms with Crippen LogP contribution in [0.15, 0.2) is 36.4 Å². The Morgan fingerprint density at radius 1 is 0.738 bits per heavy atom. The summed E-state index contributed by atoms with van der Waals surface area (Å²) >= 11 is 0. The highest BCUT2D eigenvalue weighted by Gasteiger charge is 2.34. The number of aromatic hydroxyl groups is 2. The fourth-order valence-corrected chi connectivity index (χ4v) is 8.28. The molecule has 0 saturated carbocycles. The van der Waals surface area contributed by atoms with Gasteiger partial charge in [0.1, 0.15) is 29.6 Å². The average Bonchev–Trinajstić information content (AvgIpc) is 3.27. The second-order valence-electron chi connectivity index (χ2n) is 17.8. The smallest absolute Gasteiger partial charge is 0.326 e. The van der Waals surface area contributed by atoms with Crippen molar-refractivity contribution < 1.29 is 54.0 Å². The molecule has 5 atom stereocenters. The van der Waals surface area contributed by atoms with Gasteiger partial charge in [0.15, 0.2) is 11.6 Å². The van der Waals surface area contributed by atoms with Crippen molar-refractivity contribution >= 4 is 41.2 Å². The predicted molar refractivity (Wildman–Crippen MR) is 248 cm³/mol. The number of unbranched alkanes of at least 4 members (excludes halogenated alkanes) is 14. The van der Waals surface area contributed by atoms with Crippen LogP contribution in [0.3, 0.4) is 0 Å².